The second kappa shape index (κ2) is 7.64. The van der Waals surface area contributed by atoms with Crippen molar-refractivity contribution in [2.24, 2.45) is 0 Å². The molecule has 4 rings (SSSR count). The fourth-order valence-corrected chi connectivity index (χ4v) is 4.36. The van der Waals surface area contributed by atoms with E-state index in [4.69, 9.17) is 0 Å². The Morgan fingerprint density at radius 3 is 2.57 bits per heavy atom. The van der Waals surface area contributed by atoms with Crippen LogP contribution in [0.15, 0.2) is 59.8 Å². The maximum absolute atomic E-state index is 13.2. The third-order valence-corrected chi connectivity index (χ3v) is 5.96. The van der Waals surface area contributed by atoms with Gasteiger partial charge < -0.3 is 9.55 Å². The number of para-hydroxylation sites is 1. The summed E-state index contributed by atoms with van der Waals surface area (Å²) in [7, 11) is 0. The second-order valence-electron chi connectivity index (χ2n) is 6.90. The third kappa shape index (κ3) is 3.47. The number of nitrogens with one attached hydrogen (secondary N) is 1. The number of thioether (sulfide) groups is 1. The summed E-state index contributed by atoms with van der Waals surface area (Å²) in [6, 6.07) is 18.1. The van der Waals surface area contributed by atoms with Gasteiger partial charge in [-0.1, -0.05) is 60.3 Å². The zero-order valence-electron chi connectivity index (χ0n) is 16.1. The Morgan fingerprint density at radius 2 is 1.79 bits per heavy atom. The molecular weight excluding hydrogens is 368 g/mol. The number of H-pyrrole nitrogens is 1. The number of Topliss-reactive ketones (excluding diaryl/α,β-unsaturated/α-hetero) is 1. The van der Waals surface area contributed by atoms with E-state index in [2.05, 4.69) is 31.9 Å². The Morgan fingerprint density at radius 1 is 1.07 bits per heavy atom. The number of rotatable bonds is 6. The SMILES string of the molecule is Cc1[nH]c2ccccc2c1C(=O)C(C)Sc1nnc(C)n1Cc1ccccc1. The van der Waals surface area contributed by atoms with Gasteiger partial charge in [0.15, 0.2) is 10.9 Å². The number of aryl methyl sites for hydroxylation is 2. The minimum absolute atomic E-state index is 0.104. The second-order valence-corrected chi connectivity index (χ2v) is 8.20. The molecule has 0 aliphatic heterocycles. The van der Waals surface area contributed by atoms with Crippen LogP contribution in [-0.2, 0) is 6.54 Å². The van der Waals surface area contributed by atoms with E-state index >= 15 is 0 Å². The standard InChI is InChI=1S/C22H22N4OS/c1-14-20(18-11-7-8-12-19(18)23-14)21(27)15(2)28-22-25-24-16(3)26(22)13-17-9-5-4-6-10-17/h4-12,15,23H,13H2,1-3H3. The number of benzene rings is 2. The van der Waals surface area contributed by atoms with Gasteiger partial charge in [-0.2, -0.15) is 0 Å². The van der Waals surface area contributed by atoms with E-state index in [-0.39, 0.29) is 11.0 Å². The smallest absolute Gasteiger partial charge is 0.192 e. The molecule has 4 aromatic rings. The molecule has 1 N–H and O–H groups in total. The molecule has 0 aliphatic rings. The minimum atomic E-state index is -0.268. The highest BCUT2D eigenvalue weighted by atomic mass is 32.2. The first-order valence-corrected chi connectivity index (χ1v) is 10.1. The normalized spacial score (nSPS) is 12.4. The Labute approximate surface area is 168 Å². The topological polar surface area (TPSA) is 63.6 Å². The predicted molar refractivity (Wildman–Crippen MR) is 113 cm³/mol. The highest BCUT2D eigenvalue weighted by molar-refractivity contribution is 8.00. The monoisotopic (exact) mass is 390 g/mol. The van der Waals surface area contributed by atoms with Crippen molar-refractivity contribution in [1.82, 2.24) is 19.7 Å². The van der Waals surface area contributed by atoms with E-state index in [0.29, 0.717) is 6.54 Å². The molecule has 2 aromatic carbocycles. The molecule has 1 atom stereocenters. The van der Waals surface area contributed by atoms with Crippen molar-refractivity contribution in [3.05, 3.63) is 77.2 Å². The van der Waals surface area contributed by atoms with Gasteiger partial charge in [-0.3, -0.25) is 4.79 Å². The Balaban J connectivity index is 1.59. The van der Waals surface area contributed by atoms with Crippen LogP contribution in [0.25, 0.3) is 10.9 Å². The lowest BCUT2D eigenvalue weighted by atomic mass is 10.1. The zero-order valence-corrected chi connectivity index (χ0v) is 17.0. The summed E-state index contributed by atoms with van der Waals surface area (Å²) < 4.78 is 2.06. The van der Waals surface area contributed by atoms with Crippen molar-refractivity contribution in [3.8, 4) is 0 Å². The summed E-state index contributed by atoms with van der Waals surface area (Å²) >= 11 is 1.46. The number of carbonyl (C=O) groups is 1. The van der Waals surface area contributed by atoms with Gasteiger partial charge in [0.05, 0.1) is 11.8 Å². The molecule has 28 heavy (non-hydrogen) atoms. The number of fused-ring (bicyclic) bond motifs is 1. The summed E-state index contributed by atoms with van der Waals surface area (Å²) in [5, 5.41) is 10.0. The quantitative estimate of drug-likeness (QED) is 0.380. The zero-order chi connectivity index (χ0) is 19.7. The van der Waals surface area contributed by atoms with Crippen molar-refractivity contribution in [1.29, 1.82) is 0 Å². The fraction of sp³-hybridized carbons (Fsp3) is 0.227. The lowest BCUT2D eigenvalue weighted by Gasteiger charge is -2.12. The van der Waals surface area contributed by atoms with E-state index in [1.165, 1.54) is 17.3 Å². The number of ketones is 1. The van der Waals surface area contributed by atoms with E-state index in [1.807, 2.05) is 63.2 Å². The van der Waals surface area contributed by atoms with E-state index < -0.39 is 0 Å². The van der Waals surface area contributed by atoms with Crippen LogP contribution in [0.5, 0.6) is 0 Å². The molecule has 6 heteroatoms. The molecule has 0 radical (unpaired) electrons. The number of nitrogens with zero attached hydrogens (tertiary/aromatic N) is 3. The Bertz CT molecular complexity index is 1130. The molecule has 2 aromatic heterocycles. The van der Waals surface area contributed by atoms with Crippen LogP contribution in [0.1, 0.15) is 34.4 Å². The molecule has 0 bridgehead atoms. The minimum Gasteiger partial charge on any atom is -0.358 e. The molecule has 0 spiro atoms. The fourth-order valence-electron chi connectivity index (χ4n) is 3.41. The van der Waals surface area contributed by atoms with Crippen molar-refractivity contribution >= 4 is 28.4 Å². The van der Waals surface area contributed by atoms with Crippen LogP contribution in [0.4, 0.5) is 0 Å². The van der Waals surface area contributed by atoms with Crippen LogP contribution in [-0.4, -0.2) is 30.8 Å². The van der Waals surface area contributed by atoms with Crippen LogP contribution < -0.4 is 0 Å². The van der Waals surface area contributed by atoms with E-state index in [0.717, 1.165) is 33.1 Å². The maximum atomic E-state index is 13.2. The summed E-state index contributed by atoms with van der Waals surface area (Å²) in [6.07, 6.45) is 0. The molecule has 142 valence electrons. The Hall–Kier alpha value is -2.86. The van der Waals surface area contributed by atoms with Crippen molar-refractivity contribution < 1.29 is 4.79 Å². The number of aromatic nitrogens is 4. The first-order valence-electron chi connectivity index (χ1n) is 9.26. The molecule has 0 amide bonds. The largest absolute Gasteiger partial charge is 0.358 e. The average Bonchev–Trinajstić information content (AvgIpc) is 3.21. The van der Waals surface area contributed by atoms with E-state index in [9.17, 15) is 4.79 Å². The first kappa shape index (κ1) is 18.5. The van der Waals surface area contributed by atoms with Gasteiger partial charge in [-0.15, -0.1) is 10.2 Å². The van der Waals surface area contributed by atoms with Crippen LogP contribution in [0.2, 0.25) is 0 Å². The van der Waals surface area contributed by atoms with E-state index in [1.54, 1.807) is 0 Å². The number of hydrogen-bond acceptors (Lipinski definition) is 4. The average molecular weight is 391 g/mol. The predicted octanol–water partition coefficient (Wildman–Crippen LogP) is 4.79. The van der Waals surface area contributed by atoms with Crippen LogP contribution >= 0.6 is 11.8 Å². The Kier molecular flexibility index (Phi) is 5.05. The van der Waals surface area contributed by atoms with Crippen LogP contribution in [0.3, 0.4) is 0 Å². The van der Waals surface area contributed by atoms with Crippen molar-refractivity contribution in [2.45, 2.75) is 37.7 Å². The highest BCUT2D eigenvalue weighted by Gasteiger charge is 2.24. The molecule has 0 fully saturated rings. The number of carbonyl (C=O) groups excluding carboxylic acids is 1. The molecule has 5 nitrogen and oxygen atoms in total. The van der Waals surface area contributed by atoms with Gasteiger partial charge in [-0.05, 0) is 32.4 Å². The summed E-state index contributed by atoms with van der Waals surface area (Å²) in [5.74, 6) is 0.946. The lowest BCUT2D eigenvalue weighted by molar-refractivity contribution is 0.0995. The first-order chi connectivity index (χ1) is 13.5. The van der Waals surface area contributed by atoms with Gasteiger partial charge in [-0.25, -0.2) is 0 Å². The summed E-state index contributed by atoms with van der Waals surface area (Å²) in [6.45, 7) is 6.52. The van der Waals surface area contributed by atoms with Crippen molar-refractivity contribution in [3.63, 3.8) is 0 Å². The van der Waals surface area contributed by atoms with Gasteiger partial charge in [0.1, 0.15) is 5.82 Å². The molecular formula is C22H22N4OS. The number of aromatic amines is 1. The number of hydrogen-bond donors (Lipinski definition) is 1. The van der Waals surface area contributed by atoms with Gasteiger partial charge in [0.25, 0.3) is 0 Å². The lowest BCUT2D eigenvalue weighted by Crippen LogP contribution is -2.16. The van der Waals surface area contributed by atoms with Crippen molar-refractivity contribution in [2.75, 3.05) is 0 Å². The van der Waals surface area contributed by atoms with Gasteiger partial charge >= 0.3 is 0 Å². The summed E-state index contributed by atoms with van der Waals surface area (Å²) in [4.78, 5) is 16.5. The molecule has 1 unspecified atom stereocenters. The van der Waals surface area contributed by atoms with Gasteiger partial charge in [0.2, 0.25) is 0 Å². The molecule has 0 saturated carbocycles. The highest BCUT2D eigenvalue weighted by Crippen LogP contribution is 2.29. The van der Waals surface area contributed by atoms with Crippen LogP contribution in [0, 0.1) is 13.8 Å². The molecule has 0 saturated heterocycles. The summed E-state index contributed by atoms with van der Waals surface area (Å²) in [5.41, 5.74) is 3.84. The maximum Gasteiger partial charge on any atom is 0.192 e. The molecule has 2 heterocycles. The third-order valence-electron chi connectivity index (χ3n) is 4.88. The molecule has 0 aliphatic carbocycles. The van der Waals surface area contributed by atoms with Gasteiger partial charge in [0, 0.05) is 22.2 Å².